The monoisotopic (exact) mass is 544 g/mol. The molecule has 0 saturated carbocycles. The summed E-state index contributed by atoms with van der Waals surface area (Å²) in [7, 11) is 0. The number of nitrogens with one attached hydrogen (secondary N) is 3. The van der Waals surface area contributed by atoms with Gasteiger partial charge in [0.15, 0.2) is 5.69 Å². The maximum atomic E-state index is 13.2. The predicted molar refractivity (Wildman–Crippen MR) is 151 cm³/mol. The number of rotatable bonds is 7. The summed E-state index contributed by atoms with van der Waals surface area (Å²) in [5, 5.41) is 31.7. The zero-order valence-corrected chi connectivity index (χ0v) is 23.5. The van der Waals surface area contributed by atoms with Crippen LogP contribution < -0.4 is 10.6 Å². The number of carbonyl (C=O) groups is 1. The van der Waals surface area contributed by atoms with Crippen LogP contribution in [0, 0.1) is 6.92 Å². The number of aromatic nitrogens is 7. The molecule has 0 unspecified atom stereocenters. The minimum absolute atomic E-state index is 0.220. The van der Waals surface area contributed by atoms with Crippen LogP contribution in [0.2, 0.25) is 0 Å². The van der Waals surface area contributed by atoms with Crippen LogP contribution in [0.4, 0.5) is 11.6 Å². The Hall–Kier alpha value is -4.16. The van der Waals surface area contributed by atoms with Crippen LogP contribution >= 0.6 is 0 Å². The van der Waals surface area contributed by atoms with Gasteiger partial charge in [0.2, 0.25) is 5.95 Å². The van der Waals surface area contributed by atoms with Crippen LogP contribution in [0.3, 0.4) is 0 Å². The van der Waals surface area contributed by atoms with Gasteiger partial charge in [-0.2, -0.15) is 5.10 Å². The van der Waals surface area contributed by atoms with Crippen molar-refractivity contribution in [1.29, 1.82) is 0 Å². The van der Waals surface area contributed by atoms with Crippen LogP contribution in [0.25, 0.3) is 11.3 Å². The van der Waals surface area contributed by atoms with E-state index in [1.165, 1.54) is 0 Å². The van der Waals surface area contributed by atoms with Gasteiger partial charge in [-0.05, 0) is 64.3 Å². The average molecular weight is 545 g/mol. The van der Waals surface area contributed by atoms with Crippen LogP contribution in [0.15, 0.2) is 42.9 Å². The predicted octanol–water partition coefficient (Wildman–Crippen LogP) is 3.32. The molecule has 12 heteroatoms. The summed E-state index contributed by atoms with van der Waals surface area (Å²) in [6, 6.07) is 7.84. The minimum atomic E-state index is -0.466. The van der Waals surface area contributed by atoms with Gasteiger partial charge in [0.05, 0.1) is 47.2 Å². The lowest BCUT2D eigenvalue weighted by Crippen LogP contribution is -2.32. The molecule has 1 aliphatic heterocycles. The SMILES string of the molecule is Cc1[nH]ncc1Nc1nccc(-c2ccc3c(c2)CN(C[C@@H](C)O)CC[C@H]3NC(=O)c2cn(C(C)(C)C)nn2)n1. The van der Waals surface area contributed by atoms with Crippen molar-refractivity contribution in [3.05, 3.63) is 65.4 Å². The molecule has 0 bridgehead atoms. The van der Waals surface area contributed by atoms with E-state index in [9.17, 15) is 9.90 Å². The average Bonchev–Trinajstić information content (AvgIpc) is 3.52. The normalized spacial score (nSPS) is 16.7. The fourth-order valence-corrected chi connectivity index (χ4v) is 4.81. The van der Waals surface area contributed by atoms with Gasteiger partial charge in [-0.1, -0.05) is 17.3 Å². The number of β-amino-alcohol motifs (C(OH)–C–C–N with tert-alkyl or cyclic N) is 1. The van der Waals surface area contributed by atoms with Crippen LogP contribution in [-0.2, 0) is 12.1 Å². The molecule has 1 aromatic carbocycles. The van der Waals surface area contributed by atoms with E-state index in [2.05, 4.69) is 53.2 Å². The molecule has 0 radical (unpaired) electrons. The van der Waals surface area contributed by atoms with Crippen molar-refractivity contribution in [2.75, 3.05) is 18.4 Å². The number of benzene rings is 1. The fourth-order valence-electron chi connectivity index (χ4n) is 4.81. The largest absolute Gasteiger partial charge is 0.392 e. The molecular formula is C28H36N10O2. The van der Waals surface area contributed by atoms with Crippen LogP contribution in [0.1, 0.15) is 67.5 Å². The van der Waals surface area contributed by atoms with Crippen molar-refractivity contribution in [3.63, 3.8) is 0 Å². The Morgan fingerprint density at radius 3 is 2.80 bits per heavy atom. The first-order chi connectivity index (χ1) is 19.1. The van der Waals surface area contributed by atoms with Gasteiger partial charge < -0.3 is 15.7 Å². The molecule has 4 aromatic rings. The lowest BCUT2D eigenvalue weighted by atomic mass is 9.96. The maximum Gasteiger partial charge on any atom is 0.273 e. The van der Waals surface area contributed by atoms with Gasteiger partial charge in [-0.3, -0.25) is 14.8 Å². The third-order valence-corrected chi connectivity index (χ3v) is 6.92. The molecule has 5 rings (SSSR count). The van der Waals surface area contributed by atoms with Crippen molar-refractivity contribution in [2.24, 2.45) is 0 Å². The van der Waals surface area contributed by atoms with E-state index in [4.69, 9.17) is 4.98 Å². The first-order valence-electron chi connectivity index (χ1n) is 13.4. The van der Waals surface area contributed by atoms with Crippen molar-refractivity contribution < 1.29 is 9.90 Å². The molecule has 0 saturated heterocycles. The molecule has 12 nitrogen and oxygen atoms in total. The molecule has 3 aromatic heterocycles. The van der Waals surface area contributed by atoms with Gasteiger partial charge in [-0.25, -0.2) is 14.6 Å². The second-order valence-electron chi connectivity index (χ2n) is 11.3. The lowest BCUT2D eigenvalue weighted by molar-refractivity contribution is 0.0921. The number of aliphatic hydroxyl groups excluding tert-OH is 1. The van der Waals surface area contributed by atoms with Gasteiger partial charge in [0.1, 0.15) is 0 Å². The number of aromatic amines is 1. The van der Waals surface area contributed by atoms with E-state index in [1.54, 1.807) is 30.2 Å². The van der Waals surface area contributed by atoms with E-state index in [1.807, 2.05) is 39.8 Å². The fraction of sp³-hybridized carbons (Fsp3) is 0.429. The summed E-state index contributed by atoms with van der Waals surface area (Å²) in [5.41, 5.74) is 5.53. The first kappa shape index (κ1) is 27.4. The molecule has 1 aliphatic rings. The lowest BCUT2D eigenvalue weighted by Gasteiger charge is -2.22. The molecule has 2 atom stereocenters. The Morgan fingerprint density at radius 2 is 2.10 bits per heavy atom. The van der Waals surface area contributed by atoms with E-state index in [0.29, 0.717) is 25.5 Å². The van der Waals surface area contributed by atoms with Crippen molar-refractivity contribution in [1.82, 2.24) is 45.4 Å². The maximum absolute atomic E-state index is 13.2. The second kappa shape index (κ2) is 11.1. The smallest absolute Gasteiger partial charge is 0.273 e. The molecular weight excluding hydrogens is 508 g/mol. The molecule has 210 valence electrons. The van der Waals surface area contributed by atoms with Gasteiger partial charge in [0, 0.05) is 31.4 Å². The number of anilines is 2. The Labute approximate surface area is 233 Å². The summed E-state index contributed by atoms with van der Waals surface area (Å²) < 4.78 is 1.69. The highest BCUT2D eigenvalue weighted by molar-refractivity contribution is 5.92. The highest BCUT2D eigenvalue weighted by atomic mass is 16.3. The molecule has 4 N–H and O–H groups in total. The topological polar surface area (TPSA) is 150 Å². The third-order valence-electron chi connectivity index (χ3n) is 6.92. The molecule has 40 heavy (non-hydrogen) atoms. The summed E-state index contributed by atoms with van der Waals surface area (Å²) in [4.78, 5) is 24.5. The van der Waals surface area contributed by atoms with Crippen LogP contribution in [0.5, 0.6) is 0 Å². The second-order valence-corrected chi connectivity index (χ2v) is 11.3. The standard InChI is InChI=1S/C28H36N10O2/c1-17(39)14-37-11-9-23(31-26(40)25-16-38(36-35-25)28(3,4)5)21-7-6-19(12-20(21)15-37)22-8-10-29-27(32-22)33-24-13-30-34-18(24)2/h6-8,10,12-13,16-17,23,39H,9,11,14-15H2,1-5H3,(H,30,34)(H,31,40)(H,29,32,33)/t17-,23-/m1/s1. The van der Waals surface area contributed by atoms with Crippen molar-refractivity contribution >= 4 is 17.5 Å². The Bertz CT molecular complexity index is 1490. The van der Waals surface area contributed by atoms with Crippen molar-refractivity contribution in [2.45, 2.75) is 65.3 Å². The third kappa shape index (κ3) is 6.18. The highest BCUT2D eigenvalue weighted by Gasteiger charge is 2.27. The number of H-pyrrole nitrogens is 1. The quantitative estimate of drug-likeness (QED) is 0.275. The number of aliphatic hydroxyl groups is 1. The van der Waals surface area contributed by atoms with E-state index >= 15 is 0 Å². The molecule has 0 spiro atoms. The summed E-state index contributed by atoms with van der Waals surface area (Å²) in [6.45, 7) is 11.6. The summed E-state index contributed by atoms with van der Waals surface area (Å²) >= 11 is 0. The number of nitrogens with zero attached hydrogens (tertiary/aromatic N) is 7. The number of aryl methyl sites for hydroxylation is 1. The number of fused-ring (bicyclic) bond motifs is 1. The van der Waals surface area contributed by atoms with Gasteiger partial charge >= 0.3 is 0 Å². The minimum Gasteiger partial charge on any atom is -0.392 e. The van der Waals surface area contributed by atoms with Gasteiger partial charge in [-0.15, -0.1) is 5.10 Å². The Morgan fingerprint density at radius 1 is 1.27 bits per heavy atom. The highest BCUT2D eigenvalue weighted by Crippen LogP contribution is 2.31. The van der Waals surface area contributed by atoms with E-state index < -0.39 is 6.10 Å². The van der Waals surface area contributed by atoms with Crippen LogP contribution in [-0.4, -0.2) is 70.3 Å². The Balaban J connectivity index is 1.43. The summed E-state index contributed by atoms with van der Waals surface area (Å²) in [5.74, 6) is 0.210. The molecule has 0 fully saturated rings. The number of amides is 1. The zero-order chi connectivity index (χ0) is 28.4. The molecule has 1 amide bonds. The zero-order valence-electron chi connectivity index (χ0n) is 23.5. The van der Waals surface area contributed by atoms with E-state index in [0.717, 1.165) is 40.3 Å². The molecule has 4 heterocycles. The van der Waals surface area contributed by atoms with E-state index in [-0.39, 0.29) is 23.2 Å². The first-order valence-corrected chi connectivity index (χ1v) is 13.4. The van der Waals surface area contributed by atoms with Gasteiger partial charge in [0.25, 0.3) is 5.91 Å². The number of hydrogen-bond donors (Lipinski definition) is 4. The molecule has 0 aliphatic carbocycles. The number of carbonyl (C=O) groups excluding carboxylic acids is 1. The number of hydrogen-bond acceptors (Lipinski definition) is 9. The van der Waals surface area contributed by atoms with Crippen molar-refractivity contribution in [3.8, 4) is 11.3 Å². The summed E-state index contributed by atoms with van der Waals surface area (Å²) in [6.07, 6.45) is 5.33. The Kier molecular flexibility index (Phi) is 7.63.